The Morgan fingerprint density at radius 1 is 1.35 bits per heavy atom. The van der Waals surface area contributed by atoms with Crippen LogP contribution in [0.3, 0.4) is 0 Å². The van der Waals surface area contributed by atoms with Gasteiger partial charge in [0.15, 0.2) is 11.5 Å². The Kier molecular flexibility index (Phi) is 2.53. The molecule has 0 aliphatic rings. The molecule has 0 saturated carbocycles. The van der Waals surface area contributed by atoms with Crippen LogP contribution in [-0.2, 0) is 6.18 Å². The number of hydrogen-bond acceptors (Lipinski definition) is 3. The maximum Gasteiger partial charge on any atom is 0.435 e. The van der Waals surface area contributed by atoms with Crippen LogP contribution in [0.4, 0.5) is 18.9 Å². The van der Waals surface area contributed by atoms with Gasteiger partial charge in [-0.3, -0.25) is 0 Å². The van der Waals surface area contributed by atoms with Crippen LogP contribution in [-0.4, -0.2) is 14.8 Å². The number of alkyl halides is 3. The highest BCUT2D eigenvalue weighted by Gasteiger charge is 2.38. The molecule has 0 spiro atoms. The maximum atomic E-state index is 12.8. The van der Waals surface area contributed by atoms with Gasteiger partial charge >= 0.3 is 6.18 Å². The second-order valence-electron chi connectivity index (χ2n) is 3.50. The Hall–Kier alpha value is -2.05. The number of nitrogens with zero attached hydrogens (tertiary/aromatic N) is 3. The first-order valence-corrected chi connectivity index (χ1v) is 4.74. The molecule has 0 aromatic carbocycles. The lowest BCUT2D eigenvalue weighted by Gasteiger charge is -2.11. The van der Waals surface area contributed by atoms with Crippen molar-refractivity contribution in [2.45, 2.75) is 13.1 Å². The van der Waals surface area contributed by atoms with Crippen LogP contribution in [0.25, 0.3) is 5.82 Å². The standard InChI is InChI=1S/C10H9F3N4/c1-6-3-2-4-15-9(6)17-8(10(11,12)13)7(14)5-16-17/h2-5H,14H2,1H3. The first-order chi connectivity index (χ1) is 7.91. The Morgan fingerprint density at radius 3 is 2.65 bits per heavy atom. The highest BCUT2D eigenvalue weighted by molar-refractivity contribution is 5.47. The van der Waals surface area contributed by atoms with Gasteiger partial charge in [0.25, 0.3) is 0 Å². The van der Waals surface area contributed by atoms with Crippen molar-refractivity contribution in [1.82, 2.24) is 14.8 Å². The van der Waals surface area contributed by atoms with Crippen LogP contribution in [0, 0.1) is 6.92 Å². The van der Waals surface area contributed by atoms with Crippen molar-refractivity contribution < 1.29 is 13.2 Å². The predicted octanol–water partition coefficient (Wildman–Crippen LogP) is 2.18. The van der Waals surface area contributed by atoms with E-state index in [1.807, 2.05) is 0 Å². The number of anilines is 1. The molecule has 0 saturated heterocycles. The van der Waals surface area contributed by atoms with Crippen LogP contribution >= 0.6 is 0 Å². The molecule has 0 atom stereocenters. The molecule has 0 radical (unpaired) electrons. The molecular weight excluding hydrogens is 233 g/mol. The molecule has 4 nitrogen and oxygen atoms in total. The maximum absolute atomic E-state index is 12.8. The minimum absolute atomic E-state index is 0.122. The molecule has 0 fully saturated rings. The van der Waals surface area contributed by atoms with Gasteiger partial charge in [0, 0.05) is 6.20 Å². The first-order valence-electron chi connectivity index (χ1n) is 4.74. The Labute approximate surface area is 94.9 Å². The summed E-state index contributed by atoms with van der Waals surface area (Å²) in [5.74, 6) is 0.122. The van der Waals surface area contributed by atoms with Gasteiger partial charge in [-0.15, -0.1) is 0 Å². The van der Waals surface area contributed by atoms with Gasteiger partial charge in [-0.1, -0.05) is 6.07 Å². The van der Waals surface area contributed by atoms with Crippen molar-refractivity contribution in [2.75, 3.05) is 5.73 Å². The van der Waals surface area contributed by atoms with Gasteiger partial charge in [0.2, 0.25) is 0 Å². The normalized spacial score (nSPS) is 11.8. The fourth-order valence-electron chi connectivity index (χ4n) is 1.50. The summed E-state index contributed by atoms with van der Waals surface area (Å²) < 4.78 is 39.1. The van der Waals surface area contributed by atoms with E-state index in [1.54, 1.807) is 19.1 Å². The second-order valence-corrected chi connectivity index (χ2v) is 3.50. The van der Waals surface area contributed by atoms with Crippen LogP contribution in [0.1, 0.15) is 11.3 Å². The Morgan fingerprint density at radius 2 is 2.06 bits per heavy atom. The van der Waals surface area contributed by atoms with E-state index < -0.39 is 17.6 Å². The molecule has 2 heterocycles. The summed E-state index contributed by atoms with van der Waals surface area (Å²) in [7, 11) is 0. The molecule has 17 heavy (non-hydrogen) atoms. The molecule has 0 unspecified atom stereocenters. The molecule has 0 aliphatic heterocycles. The average molecular weight is 242 g/mol. The third-order valence-corrected chi connectivity index (χ3v) is 2.25. The van der Waals surface area contributed by atoms with Gasteiger partial charge in [-0.05, 0) is 18.6 Å². The molecule has 2 aromatic heterocycles. The Balaban J connectivity index is 2.66. The third-order valence-electron chi connectivity index (χ3n) is 2.25. The fourth-order valence-corrected chi connectivity index (χ4v) is 1.50. The summed E-state index contributed by atoms with van der Waals surface area (Å²) in [6.07, 6.45) is -2.19. The van der Waals surface area contributed by atoms with Crippen molar-refractivity contribution in [3.8, 4) is 5.82 Å². The molecule has 2 N–H and O–H groups in total. The van der Waals surface area contributed by atoms with E-state index in [9.17, 15) is 13.2 Å². The number of nitrogens with two attached hydrogens (primary N) is 1. The predicted molar refractivity (Wildman–Crippen MR) is 55.5 cm³/mol. The number of halogens is 3. The summed E-state index contributed by atoms with van der Waals surface area (Å²) in [5.41, 5.74) is 4.45. The fraction of sp³-hybridized carbons (Fsp3) is 0.200. The summed E-state index contributed by atoms with van der Waals surface area (Å²) in [6.45, 7) is 1.65. The number of pyridine rings is 1. The zero-order valence-electron chi connectivity index (χ0n) is 8.86. The largest absolute Gasteiger partial charge is 0.435 e. The van der Waals surface area contributed by atoms with Gasteiger partial charge < -0.3 is 5.73 Å². The highest BCUT2D eigenvalue weighted by Crippen LogP contribution is 2.34. The quantitative estimate of drug-likeness (QED) is 0.833. The third kappa shape index (κ3) is 1.95. The molecule has 0 amide bonds. The average Bonchev–Trinajstić information content (AvgIpc) is 2.60. The van der Waals surface area contributed by atoms with Crippen LogP contribution < -0.4 is 5.73 Å². The van der Waals surface area contributed by atoms with Gasteiger partial charge in [0.05, 0.1) is 11.9 Å². The molecular formula is C10H9F3N4. The number of rotatable bonds is 1. The van der Waals surface area contributed by atoms with E-state index in [1.165, 1.54) is 6.20 Å². The molecule has 2 aromatic rings. The number of nitrogen functional groups attached to an aromatic ring is 1. The zero-order chi connectivity index (χ0) is 12.6. The lowest BCUT2D eigenvalue weighted by atomic mass is 10.3. The van der Waals surface area contributed by atoms with E-state index >= 15 is 0 Å². The summed E-state index contributed by atoms with van der Waals surface area (Å²) in [6, 6.07) is 3.29. The Bertz CT molecular complexity index is 545. The monoisotopic (exact) mass is 242 g/mol. The van der Waals surface area contributed by atoms with Crippen LogP contribution in [0.2, 0.25) is 0 Å². The van der Waals surface area contributed by atoms with Gasteiger partial charge in [-0.2, -0.15) is 18.3 Å². The van der Waals surface area contributed by atoms with E-state index in [2.05, 4.69) is 10.1 Å². The molecule has 7 heteroatoms. The van der Waals surface area contributed by atoms with E-state index in [4.69, 9.17) is 5.73 Å². The van der Waals surface area contributed by atoms with Crippen molar-refractivity contribution in [3.63, 3.8) is 0 Å². The molecule has 0 aliphatic carbocycles. The minimum atomic E-state index is -4.56. The highest BCUT2D eigenvalue weighted by atomic mass is 19.4. The second kappa shape index (κ2) is 3.76. The molecule has 90 valence electrons. The van der Waals surface area contributed by atoms with E-state index in [0.29, 0.717) is 10.2 Å². The zero-order valence-corrected chi connectivity index (χ0v) is 8.86. The van der Waals surface area contributed by atoms with Crippen LogP contribution in [0.15, 0.2) is 24.5 Å². The lowest BCUT2D eigenvalue weighted by molar-refractivity contribution is -0.142. The van der Waals surface area contributed by atoms with Crippen LogP contribution in [0.5, 0.6) is 0 Å². The summed E-state index contributed by atoms with van der Waals surface area (Å²) >= 11 is 0. The van der Waals surface area contributed by atoms with Gasteiger partial charge in [0.1, 0.15) is 0 Å². The minimum Gasteiger partial charge on any atom is -0.396 e. The lowest BCUT2D eigenvalue weighted by Crippen LogP contribution is -2.16. The topological polar surface area (TPSA) is 56.7 Å². The molecule has 0 bridgehead atoms. The molecule has 2 rings (SSSR count). The van der Waals surface area contributed by atoms with E-state index in [-0.39, 0.29) is 5.82 Å². The first kappa shape index (κ1) is 11.4. The van der Waals surface area contributed by atoms with Crippen molar-refractivity contribution in [1.29, 1.82) is 0 Å². The summed E-state index contributed by atoms with van der Waals surface area (Å²) in [4.78, 5) is 3.88. The van der Waals surface area contributed by atoms with Gasteiger partial charge in [-0.25, -0.2) is 9.67 Å². The SMILES string of the molecule is Cc1cccnc1-n1ncc(N)c1C(F)(F)F. The van der Waals surface area contributed by atoms with E-state index in [0.717, 1.165) is 6.20 Å². The van der Waals surface area contributed by atoms with Crippen molar-refractivity contribution in [2.24, 2.45) is 0 Å². The number of aromatic nitrogens is 3. The van der Waals surface area contributed by atoms with Crippen molar-refractivity contribution in [3.05, 3.63) is 35.8 Å². The summed E-state index contributed by atoms with van der Waals surface area (Å²) in [5, 5.41) is 3.62. The smallest absolute Gasteiger partial charge is 0.396 e. The number of aryl methyl sites for hydroxylation is 1. The number of hydrogen-bond donors (Lipinski definition) is 1. The van der Waals surface area contributed by atoms with Crippen molar-refractivity contribution >= 4 is 5.69 Å².